The van der Waals surface area contributed by atoms with Crippen molar-refractivity contribution in [3.63, 3.8) is 0 Å². The highest BCUT2D eigenvalue weighted by Gasteiger charge is 2.40. The number of nitrogens with one attached hydrogen (secondary N) is 2. The number of benzene rings is 1. The predicted molar refractivity (Wildman–Crippen MR) is 123 cm³/mol. The highest BCUT2D eigenvalue weighted by Crippen LogP contribution is 2.30. The molecule has 1 unspecified atom stereocenters. The van der Waals surface area contributed by atoms with Crippen LogP contribution in [-0.4, -0.2) is 38.6 Å². The number of aromatic nitrogens is 1. The van der Waals surface area contributed by atoms with Crippen molar-refractivity contribution in [1.82, 2.24) is 4.98 Å². The van der Waals surface area contributed by atoms with E-state index < -0.39 is 33.9 Å². The Bertz CT molecular complexity index is 1160. The van der Waals surface area contributed by atoms with E-state index in [2.05, 4.69) is 15.0 Å². The summed E-state index contributed by atoms with van der Waals surface area (Å²) in [6.07, 6.45) is 2.89. The van der Waals surface area contributed by atoms with Crippen molar-refractivity contribution >= 4 is 33.5 Å². The molecular weight excluding hydrogens is 462 g/mol. The number of hydrogen-bond acceptors (Lipinski definition) is 9. The van der Waals surface area contributed by atoms with Crippen LogP contribution in [0.25, 0.3) is 0 Å². The number of pyridine rings is 1. The number of esters is 2. The zero-order valence-electron chi connectivity index (χ0n) is 18.6. The molecule has 0 bridgehead atoms. The summed E-state index contributed by atoms with van der Waals surface area (Å²) in [5, 5.41) is 3.07. The molecule has 0 aliphatic rings. The molecule has 1 aromatic carbocycles. The molecule has 0 spiro atoms. The number of ether oxygens (including phenoxy) is 2. The lowest BCUT2D eigenvalue weighted by Crippen LogP contribution is -2.36. The van der Waals surface area contributed by atoms with Gasteiger partial charge in [0.15, 0.2) is 5.92 Å². The van der Waals surface area contributed by atoms with Crippen LogP contribution in [0.5, 0.6) is 0 Å². The average Bonchev–Trinajstić information content (AvgIpc) is 3.35. The summed E-state index contributed by atoms with van der Waals surface area (Å²) in [5.41, 5.74) is 0.441. The van der Waals surface area contributed by atoms with Crippen LogP contribution in [0.1, 0.15) is 25.6 Å². The van der Waals surface area contributed by atoms with Gasteiger partial charge in [0.2, 0.25) is 0 Å². The third-order valence-corrected chi connectivity index (χ3v) is 6.03. The van der Waals surface area contributed by atoms with Crippen molar-refractivity contribution in [2.45, 2.75) is 24.8 Å². The van der Waals surface area contributed by atoms with E-state index in [1.807, 2.05) is 0 Å². The minimum atomic E-state index is -3.87. The Hall–Kier alpha value is -3.86. The molecule has 2 N–H and O–H groups in total. The molecule has 0 saturated heterocycles. The summed E-state index contributed by atoms with van der Waals surface area (Å²) in [6.45, 7) is 3.42. The molecule has 34 heavy (non-hydrogen) atoms. The molecule has 3 rings (SSSR count). The van der Waals surface area contributed by atoms with Crippen LogP contribution < -0.4 is 10.0 Å². The summed E-state index contributed by atoms with van der Waals surface area (Å²) >= 11 is 0. The van der Waals surface area contributed by atoms with E-state index in [4.69, 9.17) is 13.9 Å². The van der Waals surface area contributed by atoms with Crippen LogP contribution in [0.3, 0.4) is 0 Å². The molecule has 0 radical (unpaired) electrons. The number of rotatable bonds is 11. The Morgan fingerprint density at radius 3 is 2.18 bits per heavy atom. The maximum Gasteiger partial charge on any atom is 0.322 e. The predicted octanol–water partition coefficient (Wildman–Crippen LogP) is 3.37. The molecule has 0 amide bonds. The molecule has 0 saturated carbocycles. The number of carbonyl (C=O) groups excluding carboxylic acids is 2. The van der Waals surface area contributed by atoms with E-state index in [0.29, 0.717) is 11.4 Å². The first-order valence-corrected chi connectivity index (χ1v) is 12.0. The van der Waals surface area contributed by atoms with Gasteiger partial charge in [0.1, 0.15) is 17.6 Å². The van der Waals surface area contributed by atoms with Crippen LogP contribution in [0.4, 0.5) is 11.5 Å². The van der Waals surface area contributed by atoms with Crippen LogP contribution in [-0.2, 0) is 29.1 Å². The van der Waals surface area contributed by atoms with E-state index in [1.54, 1.807) is 38.1 Å². The van der Waals surface area contributed by atoms with Crippen molar-refractivity contribution in [3.8, 4) is 0 Å². The van der Waals surface area contributed by atoms with Gasteiger partial charge in [-0.1, -0.05) is 6.07 Å². The van der Waals surface area contributed by atoms with Crippen molar-refractivity contribution < 1.29 is 31.9 Å². The number of nitrogens with zero attached hydrogens (tertiary/aromatic N) is 1. The minimum Gasteiger partial charge on any atom is -0.467 e. The summed E-state index contributed by atoms with van der Waals surface area (Å²) in [4.78, 5) is 29.3. The van der Waals surface area contributed by atoms with Gasteiger partial charge in [-0.15, -0.1) is 0 Å². The fourth-order valence-corrected chi connectivity index (χ4v) is 4.16. The lowest BCUT2D eigenvalue weighted by Gasteiger charge is -2.24. The largest absolute Gasteiger partial charge is 0.467 e. The zero-order valence-corrected chi connectivity index (χ0v) is 19.4. The number of anilines is 2. The fraction of sp³-hybridized carbons (Fsp3) is 0.261. The summed E-state index contributed by atoms with van der Waals surface area (Å²) in [6, 6.07) is 12.9. The smallest absolute Gasteiger partial charge is 0.322 e. The van der Waals surface area contributed by atoms with Crippen molar-refractivity contribution in [1.29, 1.82) is 0 Å². The molecule has 3 aromatic rings. The number of sulfonamides is 1. The fourth-order valence-electron chi connectivity index (χ4n) is 3.15. The maximum absolute atomic E-state index is 12.6. The van der Waals surface area contributed by atoms with E-state index in [-0.39, 0.29) is 23.9 Å². The molecule has 10 nitrogen and oxygen atoms in total. The summed E-state index contributed by atoms with van der Waals surface area (Å²) in [7, 11) is -3.87. The molecule has 180 valence electrons. The molecule has 1 atom stereocenters. The van der Waals surface area contributed by atoms with Crippen LogP contribution in [0.15, 0.2) is 76.4 Å². The summed E-state index contributed by atoms with van der Waals surface area (Å²) in [5.74, 6) is -2.39. The lowest BCUT2D eigenvalue weighted by molar-refractivity contribution is -0.162. The molecule has 11 heteroatoms. The van der Waals surface area contributed by atoms with Gasteiger partial charge in [-0.05, 0) is 62.4 Å². The van der Waals surface area contributed by atoms with Crippen LogP contribution in [0, 0.1) is 5.92 Å². The van der Waals surface area contributed by atoms with Gasteiger partial charge >= 0.3 is 11.9 Å². The van der Waals surface area contributed by atoms with E-state index in [1.165, 1.54) is 42.8 Å². The Morgan fingerprint density at radius 2 is 1.65 bits per heavy atom. The van der Waals surface area contributed by atoms with Gasteiger partial charge in [-0.3, -0.25) is 14.3 Å². The second kappa shape index (κ2) is 11.3. The van der Waals surface area contributed by atoms with Crippen molar-refractivity contribution in [2.24, 2.45) is 5.92 Å². The van der Waals surface area contributed by atoms with Gasteiger partial charge in [-0.25, -0.2) is 13.4 Å². The monoisotopic (exact) mass is 487 g/mol. The maximum atomic E-state index is 12.6. The van der Waals surface area contributed by atoms with Crippen molar-refractivity contribution in [3.05, 3.63) is 72.8 Å². The first kappa shape index (κ1) is 24.8. The lowest BCUT2D eigenvalue weighted by atomic mass is 9.97. The Labute approximate surface area is 197 Å². The van der Waals surface area contributed by atoms with Gasteiger partial charge in [0.25, 0.3) is 10.0 Å². The summed E-state index contributed by atoms with van der Waals surface area (Å²) < 4.78 is 43.3. The van der Waals surface area contributed by atoms with Gasteiger partial charge in [-0.2, -0.15) is 0 Å². The van der Waals surface area contributed by atoms with E-state index in [9.17, 15) is 18.0 Å². The second-order valence-corrected chi connectivity index (χ2v) is 8.65. The Morgan fingerprint density at radius 1 is 0.971 bits per heavy atom. The number of furan rings is 1. The second-order valence-electron chi connectivity index (χ2n) is 6.96. The topological polar surface area (TPSA) is 137 Å². The van der Waals surface area contributed by atoms with E-state index >= 15 is 0 Å². The molecule has 0 fully saturated rings. The van der Waals surface area contributed by atoms with Crippen molar-refractivity contribution in [2.75, 3.05) is 23.3 Å². The van der Waals surface area contributed by atoms with E-state index in [0.717, 1.165) is 0 Å². The molecule has 0 aliphatic heterocycles. The SMILES string of the molecule is CCOC(=O)C(C(=O)OCC)C(Nc1ccc(S(=O)(=O)Nc2ccccn2)cc1)c1ccco1. The quantitative estimate of drug-likeness (QED) is 0.308. The highest BCUT2D eigenvalue weighted by molar-refractivity contribution is 7.92. The van der Waals surface area contributed by atoms with Gasteiger partial charge in [0, 0.05) is 11.9 Å². The van der Waals surface area contributed by atoms with Crippen LogP contribution in [0.2, 0.25) is 0 Å². The molecule has 2 heterocycles. The molecule has 0 aliphatic carbocycles. The zero-order chi connectivity index (χ0) is 24.6. The van der Waals surface area contributed by atoms with Crippen LogP contribution >= 0.6 is 0 Å². The third-order valence-electron chi connectivity index (χ3n) is 4.65. The third kappa shape index (κ3) is 6.13. The minimum absolute atomic E-state index is 0.00517. The number of hydrogen-bond donors (Lipinski definition) is 2. The van der Waals surface area contributed by atoms with Gasteiger partial charge in [0.05, 0.1) is 24.4 Å². The standard InChI is InChI=1S/C23H25N3O7S/c1-3-31-22(27)20(23(28)32-4-2)21(18-8-7-15-33-18)25-16-10-12-17(13-11-16)34(29,30)26-19-9-5-6-14-24-19/h5-15,20-21,25H,3-4H2,1-2H3,(H,24,26). The average molecular weight is 488 g/mol. The Balaban J connectivity index is 1.87. The first-order valence-electron chi connectivity index (χ1n) is 10.5. The normalized spacial score (nSPS) is 12.1. The molecule has 2 aromatic heterocycles. The first-order chi connectivity index (χ1) is 16.4. The number of carbonyl (C=O) groups is 2. The Kier molecular flexibility index (Phi) is 8.25. The van der Waals surface area contributed by atoms with Gasteiger partial charge < -0.3 is 19.2 Å². The highest BCUT2D eigenvalue weighted by atomic mass is 32.2. The molecular formula is C23H25N3O7S.